The SMILES string of the molecule is CN1C(=O)C[C@@](CC(=O)N2CCC(Oc3cccc(F)c3)CC2)(c2ccccc2Cl)C1=O. The van der Waals surface area contributed by atoms with Crippen LogP contribution in [0, 0.1) is 5.82 Å². The monoisotopic (exact) mass is 458 g/mol. The highest BCUT2D eigenvalue weighted by Crippen LogP contribution is 2.42. The lowest BCUT2D eigenvalue weighted by atomic mass is 9.75. The van der Waals surface area contributed by atoms with Gasteiger partial charge in [0.2, 0.25) is 17.7 Å². The molecular formula is C24H24ClFN2O4. The minimum atomic E-state index is -1.30. The summed E-state index contributed by atoms with van der Waals surface area (Å²) >= 11 is 6.38. The van der Waals surface area contributed by atoms with Crippen molar-refractivity contribution in [2.75, 3.05) is 20.1 Å². The van der Waals surface area contributed by atoms with Gasteiger partial charge in [0.05, 0.1) is 5.41 Å². The van der Waals surface area contributed by atoms with Crippen molar-refractivity contribution in [1.29, 1.82) is 0 Å². The molecular weight excluding hydrogens is 435 g/mol. The van der Waals surface area contributed by atoms with Gasteiger partial charge in [-0.1, -0.05) is 35.9 Å². The molecule has 0 aliphatic carbocycles. The summed E-state index contributed by atoms with van der Waals surface area (Å²) in [5.74, 6) is -0.838. The van der Waals surface area contributed by atoms with Crippen LogP contribution >= 0.6 is 11.6 Å². The van der Waals surface area contributed by atoms with E-state index in [9.17, 15) is 18.8 Å². The summed E-state index contributed by atoms with van der Waals surface area (Å²) in [6, 6.07) is 12.9. The molecule has 2 aromatic carbocycles. The molecule has 3 amide bonds. The summed E-state index contributed by atoms with van der Waals surface area (Å²) in [6.45, 7) is 0.908. The molecule has 2 aliphatic rings. The van der Waals surface area contributed by atoms with Crippen molar-refractivity contribution in [2.45, 2.75) is 37.2 Å². The number of carbonyl (C=O) groups is 3. The molecule has 0 N–H and O–H groups in total. The third kappa shape index (κ3) is 4.21. The standard InChI is InChI=1S/C24H24ClFN2O4/c1-27-21(29)14-24(23(27)31,19-7-2-3-8-20(19)25)15-22(30)28-11-9-17(10-12-28)32-18-6-4-5-16(26)13-18/h2-8,13,17H,9-12,14-15H2,1H3/t24-/m1/s1. The van der Waals surface area contributed by atoms with Crippen LogP contribution in [0.5, 0.6) is 5.75 Å². The number of amides is 3. The van der Waals surface area contributed by atoms with Crippen LogP contribution in [0.15, 0.2) is 48.5 Å². The van der Waals surface area contributed by atoms with Crippen LogP contribution in [0.1, 0.15) is 31.2 Å². The minimum absolute atomic E-state index is 0.0864. The van der Waals surface area contributed by atoms with Gasteiger partial charge < -0.3 is 9.64 Å². The first-order valence-corrected chi connectivity index (χ1v) is 10.9. The van der Waals surface area contributed by atoms with E-state index < -0.39 is 11.3 Å². The number of piperidine rings is 1. The summed E-state index contributed by atoms with van der Waals surface area (Å²) in [5.41, 5.74) is -0.794. The Balaban J connectivity index is 1.46. The number of likely N-dealkylation sites (N-methyl/N-ethyl adjacent to an activating group) is 1. The van der Waals surface area contributed by atoms with Crippen molar-refractivity contribution in [2.24, 2.45) is 0 Å². The van der Waals surface area contributed by atoms with Gasteiger partial charge in [-0.05, 0) is 23.8 Å². The second-order valence-electron chi connectivity index (χ2n) is 8.33. The zero-order valence-electron chi connectivity index (χ0n) is 17.7. The molecule has 0 unspecified atom stereocenters. The molecule has 2 saturated heterocycles. The Morgan fingerprint density at radius 1 is 1.16 bits per heavy atom. The third-order valence-corrected chi connectivity index (χ3v) is 6.61. The quantitative estimate of drug-likeness (QED) is 0.642. The van der Waals surface area contributed by atoms with Gasteiger partial charge in [-0.25, -0.2) is 4.39 Å². The normalized spacial score (nSPS) is 21.8. The molecule has 2 fully saturated rings. The maximum atomic E-state index is 13.4. The molecule has 8 heteroatoms. The maximum Gasteiger partial charge on any atom is 0.240 e. The fraction of sp³-hybridized carbons (Fsp3) is 0.375. The van der Waals surface area contributed by atoms with Gasteiger partial charge in [0, 0.05) is 56.9 Å². The molecule has 0 radical (unpaired) electrons. The smallest absolute Gasteiger partial charge is 0.240 e. The average Bonchev–Trinajstić information content (AvgIpc) is 2.98. The fourth-order valence-electron chi connectivity index (χ4n) is 4.51. The van der Waals surface area contributed by atoms with E-state index in [0.29, 0.717) is 42.3 Å². The molecule has 168 valence electrons. The number of likely N-dealkylation sites (tertiary alicyclic amines) is 2. The molecule has 1 atom stereocenters. The third-order valence-electron chi connectivity index (χ3n) is 6.28. The van der Waals surface area contributed by atoms with Crippen molar-refractivity contribution in [3.05, 3.63) is 64.9 Å². The Morgan fingerprint density at radius 3 is 2.50 bits per heavy atom. The fourth-order valence-corrected chi connectivity index (χ4v) is 4.82. The van der Waals surface area contributed by atoms with Crippen molar-refractivity contribution in [3.8, 4) is 5.75 Å². The van der Waals surface area contributed by atoms with Crippen LogP contribution in [-0.4, -0.2) is 53.8 Å². The van der Waals surface area contributed by atoms with E-state index in [1.54, 1.807) is 41.3 Å². The highest BCUT2D eigenvalue weighted by molar-refractivity contribution is 6.32. The average molecular weight is 459 g/mol. The number of hydrogen-bond donors (Lipinski definition) is 0. The van der Waals surface area contributed by atoms with E-state index in [1.807, 2.05) is 0 Å². The first kappa shape index (κ1) is 22.3. The number of carbonyl (C=O) groups excluding carboxylic acids is 3. The van der Waals surface area contributed by atoms with Crippen molar-refractivity contribution in [1.82, 2.24) is 9.80 Å². The Hall–Kier alpha value is -2.93. The summed E-state index contributed by atoms with van der Waals surface area (Å²) in [7, 11) is 1.43. The predicted octanol–water partition coefficient (Wildman–Crippen LogP) is 3.57. The second-order valence-corrected chi connectivity index (χ2v) is 8.74. The highest BCUT2D eigenvalue weighted by atomic mass is 35.5. The largest absolute Gasteiger partial charge is 0.490 e. The van der Waals surface area contributed by atoms with E-state index in [-0.39, 0.29) is 36.6 Å². The van der Waals surface area contributed by atoms with Crippen LogP contribution in [0.4, 0.5) is 4.39 Å². The molecule has 2 aromatic rings. The number of halogens is 2. The predicted molar refractivity (Wildman–Crippen MR) is 117 cm³/mol. The molecule has 0 aromatic heterocycles. The molecule has 0 bridgehead atoms. The first-order chi connectivity index (χ1) is 15.3. The van der Waals surface area contributed by atoms with Crippen molar-refractivity contribution >= 4 is 29.3 Å². The number of imide groups is 1. The number of nitrogens with zero attached hydrogens (tertiary/aromatic N) is 2. The summed E-state index contributed by atoms with van der Waals surface area (Å²) in [6.07, 6.45) is 0.847. The number of ether oxygens (including phenoxy) is 1. The maximum absolute atomic E-state index is 13.4. The second kappa shape index (κ2) is 8.90. The number of benzene rings is 2. The lowest BCUT2D eigenvalue weighted by Gasteiger charge is -2.35. The number of rotatable bonds is 5. The van der Waals surface area contributed by atoms with Gasteiger partial charge in [-0.3, -0.25) is 19.3 Å². The Morgan fingerprint density at radius 2 is 1.88 bits per heavy atom. The molecule has 32 heavy (non-hydrogen) atoms. The molecule has 2 aliphatic heterocycles. The van der Waals surface area contributed by atoms with Gasteiger partial charge in [0.25, 0.3) is 0 Å². The molecule has 6 nitrogen and oxygen atoms in total. The van der Waals surface area contributed by atoms with Crippen molar-refractivity contribution in [3.63, 3.8) is 0 Å². The summed E-state index contributed by atoms with van der Waals surface area (Å²) in [4.78, 5) is 41.5. The van der Waals surface area contributed by atoms with Crippen LogP contribution < -0.4 is 4.74 Å². The van der Waals surface area contributed by atoms with Crippen LogP contribution in [-0.2, 0) is 19.8 Å². The lowest BCUT2D eigenvalue weighted by Crippen LogP contribution is -2.46. The molecule has 4 rings (SSSR count). The van der Waals surface area contributed by atoms with E-state index in [2.05, 4.69) is 0 Å². The topological polar surface area (TPSA) is 66.9 Å². The number of hydrogen-bond acceptors (Lipinski definition) is 4. The van der Waals surface area contributed by atoms with E-state index in [1.165, 1.54) is 19.2 Å². The van der Waals surface area contributed by atoms with Crippen LogP contribution in [0.2, 0.25) is 5.02 Å². The summed E-state index contributed by atoms with van der Waals surface area (Å²) in [5, 5.41) is 0.360. The van der Waals surface area contributed by atoms with Crippen molar-refractivity contribution < 1.29 is 23.5 Å². The first-order valence-electron chi connectivity index (χ1n) is 10.6. The molecule has 0 spiro atoms. The highest BCUT2D eigenvalue weighted by Gasteiger charge is 2.53. The van der Waals surface area contributed by atoms with Gasteiger partial charge in [-0.15, -0.1) is 0 Å². The van der Waals surface area contributed by atoms with E-state index in [0.717, 1.165) is 4.90 Å². The zero-order chi connectivity index (χ0) is 22.9. The Kier molecular flexibility index (Phi) is 6.20. The van der Waals surface area contributed by atoms with Crippen LogP contribution in [0.25, 0.3) is 0 Å². The molecule has 0 saturated carbocycles. The van der Waals surface area contributed by atoms with Gasteiger partial charge >= 0.3 is 0 Å². The minimum Gasteiger partial charge on any atom is -0.490 e. The Bertz CT molecular complexity index is 1050. The van der Waals surface area contributed by atoms with E-state index in [4.69, 9.17) is 16.3 Å². The lowest BCUT2D eigenvalue weighted by molar-refractivity contribution is -0.142. The van der Waals surface area contributed by atoms with Gasteiger partial charge in [0.15, 0.2) is 0 Å². The zero-order valence-corrected chi connectivity index (χ0v) is 18.5. The molecule has 2 heterocycles. The van der Waals surface area contributed by atoms with Gasteiger partial charge in [0.1, 0.15) is 17.7 Å². The van der Waals surface area contributed by atoms with E-state index >= 15 is 0 Å². The van der Waals surface area contributed by atoms with Crippen LogP contribution in [0.3, 0.4) is 0 Å². The Labute approximate surface area is 190 Å². The summed E-state index contributed by atoms with van der Waals surface area (Å²) < 4.78 is 19.2. The van der Waals surface area contributed by atoms with Gasteiger partial charge in [-0.2, -0.15) is 0 Å².